The first-order valence-electron chi connectivity index (χ1n) is 7.72. The summed E-state index contributed by atoms with van der Waals surface area (Å²) in [5.41, 5.74) is 8.41. The van der Waals surface area contributed by atoms with Gasteiger partial charge in [0.2, 0.25) is 5.95 Å². The van der Waals surface area contributed by atoms with Crippen molar-refractivity contribution in [2.45, 2.75) is 0 Å². The molecular formula is C18H12N6S. The maximum absolute atomic E-state index is 5.93. The summed E-state index contributed by atoms with van der Waals surface area (Å²) in [5, 5.41) is 14.8. The number of hydrogen-bond acceptors (Lipinski definition) is 6. The molecular weight excluding hydrogens is 332 g/mol. The summed E-state index contributed by atoms with van der Waals surface area (Å²) in [6, 6.07) is 18.1. The number of fused-ring (bicyclic) bond motifs is 3. The lowest BCUT2D eigenvalue weighted by atomic mass is 10.1. The molecule has 6 nitrogen and oxygen atoms in total. The zero-order valence-electron chi connectivity index (χ0n) is 13.0. The highest BCUT2D eigenvalue weighted by atomic mass is 32.1. The van der Waals surface area contributed by atoms with Crippen LogP contribution in [0.15, 0.2) is 60.8 Å². The lowest BCUT2D eigenvalue weighted by Crippen LogP contribution is -2.00. The van der Waals surface area contributed by atoms with E-state index in [1.165, 1.54) is 0 Å². The van der Waals surface area contributed by atoms with Crippen LogP contribution in [-0.2, 0) is 0 Å². The molecule has 2 N–H and O–H groups in total. The predicted octanol–water partition coefficient (Wildman–Crippen LogP) is 3.65. The standard InChI is InChI=1S/C18H12N6S/c19-18-22-21-17-12-6-2-1-5-11(12)16(23-24(17)18)15-9-8-14(25-15)13-7-3-4-10-20-13/h1-10H,(H2,19,22). The van der Waals surface area contributed by atoms with E-state index in [-0.39, 0.29) is 5.95 Å². The second-order valence-electron chi connectivity index (χ2n) is 5.57. The van der Waals surface area contributed by atoms with E-state index in [1.54, 1.807) is 22.0 Å². The smallest absolute Gasteiger partial charge is 0.243 e. The first-order valence-corrected chi connectivity index (χ1v) is 8.54. The van der Waals surface area contributed by atoms with E-state index in [0.717, 1.165) is 31.9 Å². The summed E-state index contributed by atoms with van der Waals surface area (Å²) in [6.45, 7) is 0. The summed E-state index contributed by atoms with van der Waals surface area (Å²) in [6.07, 6.45) is 1.80. The Morgan fingerprint density at radius 2 is 1.64 bits per heavy atom. The summed E-state index contributed by atoms with van der Waals surface area (Å²) in [4.78, 5) is 6.56. The lowest BCUT2D eigenvalue weighted by Gasteiger charge is -2.05. The Hall–Kier alpha value is -3.32. The van der Waals surface area contributed by atoms with E-state index in [9.17, 15) is 0 Å². The number of anilines is 1. The fourth-order valence-electron chi connectivity index (χ4n) is 2.89. The minimum atomic E-state index is 0.281. The topological polar surface area (TPSA) is 82.0 Å². The molecule has 5 rings (SSSR count). The molecule has 4 aromatic heterocycles. The maximum Gasteiger partial charge on any atom is 0.243 e. The van der Waals surface area contributed by atoms with Crippen LogP contribution in [0.25, 0.3) is 37.6 Å². The second-order valence-corrected chi connectivity index (χ2v) is 6.65. The Morgan fingerprint density at radius 1 is 0.840 bits per heavy atom. The van der Waals surface area contributed by atoms with Crippen molar-refractivity contribution in [2.75, 3.05) is 5.73 Å². The number of hydrogen-bond donors (Lipinski definition) is 1. The number of nitrogens with zero attached hydrogens (tertiary/aromatic N) is 5. The monoisotopic (exact) mass is 344 g/mol. The van der Waals surface area contributed by atoms with Crippen molar-refractivity contribution in [3.8, 4) is 21.1 Å². The molecule has 0 aliphatic rings. The number of nitrogens with two attached hydrogens (primary N) is 1. The quantitative estimate of drug-likeness (QED) is 0.528. The van der Waals surface area contributed by atoms with Gasteiger partial charge in [0.1, 0.15) is 5.69 Å². The Morgan fingerprint density at radius 3 is 2.48 bits per heavy atom. The zero-order chi connectivity index (χ0) is 16.8. The van der Waals surface area contributed by atoms with Gasteiger partial charge in [0.15, 0.2) is 5.65 Å². The van der Waals surface area contributed by atoms with Gasteiger partial charge in [-0.25, -0.2) is 0 Å². The maximum atomic E-state index is 5.93. The minimum Gasteiger partial charge on any atom is -0.366 e. The van der Waals surface area contributed by atoms with Gasteiger partial charge in [-0.3, -0.25) is 4.98 Å². The molecule has 0 spiro atoms. The van der Waals surface area contributed by atoms with E-state index < -0.39 is 0 Å². The van der Waals surface area contributed by atoms with Crippen LogP contribution in [0, 0.1) is 0 Å². The summed E-state index contributed by atoms with van der Waals surface area (Å²) in [5.74, 6) is 0.281. The van der Waals surface area contributed by atoms with Gasteiger partial charge in [0.25, 0.3) is 0 Å². The first-order chi connectivity index (χ1) is 12.3. The molecule has 0 amide bonds. The van der Waals surface area contributed by atoms with Gasteiger partial charge in [-0.05, 0) is 24.3 Å². The molecule has 120 valence electrons. The van der Waals surface area contributed by atoms with Crippen LogP contribution in [-0.4, -0.2) is 24.8 Å². The Kier molecular flexibility index (Phi) is 3.01. The summed E-state index contributed by atoms with van der Waals surface area (Å²) in [7, 11) is 0. The number of pyridine rings is 1. The molecule has 0 fully saturated rings. The molecule has 0 saturated heterocycles. The van der Waals surface area contributed by atoms with Crippen molar-refractivity contribution in [3.05, 3.63) is 60.8 Å². The number of benzene rings is 1. The number of nitrogen functional groups attached to an aromatic ring is 1. The lowest BCUT2D eigenvalue weighted by molar-refractivity contribution is 0.958. The van der Waals surface area contributed by atoms with Gasteiger partial charge in [-0.1, -0.05) is 30.3 Å². The Balaban J connectivity index is 1.77. The zero-order valence-corrected chi connectivity index (χ0v) is 13.8. The molecule has 0 unspecified atom stereocenters. The van der Waals surface area contributed by atoms with Gasteiger partial charge >= 0.3 is 0 Å². The van der Waals surface area contributed by atoms with Crippen LogP contribution in [0.1, 0.15) is 0 Å². The highest BCUT2D eigenvalue weighted by molar-refractivity contribution is 7.18. The van der Waals surface area contributed by atoms with Crippen LogP contribution in [0.4, 0.5) is 5.95 Å². The fraction of sp³-hybridized carbons (Fsp3) is 0. The minimum absolute atomic E-state index is 0.281. The molecule has 4 heterocycles. The third-order valence-corrected chi connectivity index (χ3v) is 5.16. The highest BCUT2D eigenvalue weighted by Crippen LogP contribution is 2.36. The summed E-state index contributed by atoms with van der Waals surface area (Å²) >= 11 is 1.65. The van der Waals surface area contributed by atoms with E-state index >= 15 is 0 Å². The number of aromatic nitrogens is 5. The Bertz CT molecular complexity index is 1210. The van der Waals surface area contributed by atoms with Crippen molar-refractivity contribution in [3.63, 3.8) is 0 Å². The van der Waals surface area contributed by atoms with Gasteiger partial charge in [0, 0.05) is 17.0 Å². The SMILES string of the molecule is Nc1nnc2c3ccccc3c(-c3ccc(-c4ccccn4)s3)nn12. The van der Waals surface area contributed by atoms with Crippen LogP contribution < -0.4 is 5.73 Å². The van der Waals surface area contributed by atoms with E-state index in [1.807, 2.05) is 42.5 Å². The first kappa shape index (κ1) is 14.1. The largest absolute Gasteiger partial charge is 0.366 e. The van der Waals surface area contributed by atoms with Gasteiger partial charge in [0.05, 0.1) is 15.4 Å². The van der Waals surface area contributed by atoms with Crippen molar-refractivity contribution in [1.29, 1.82) is 0 Å². The van der Waals surface area contributed by atoms with Crippen LogP contribution >= 0.6 is 11.3 Å². The average molecular weight is 344 g/mol. The molecule has 1 aromatic carbocycles. The molecule has 0 aliphatic carbocycles. The van der Waals surface area contributed by atoms with Gasteiger partial charge in [-0.15, -0.1) is 21.5 Å². The molecule has 0 atom stereocenters. The van der Waals surface area contributed by atoms with Crippen LogP contribution in [0.3, 0.4) is 0 Å². The fourth-order valence-corrected chi connectivity index (χ4v) is 3.87. The van der Waals surface area contributed by atoms with Gasteiger partial charge < -0.3 is 5.73 Å². The molecule has 7 heteroatoms. The molecule has 0 aliphatic heterocycles. The highest BCUT2D eigenvalue weighted by Gasteiger charge is 2.15. The van der Waals surface area contributed by atoms with Crippen LogP contribution in [0.2, 0.25) is 0 Å². The number of rotatable bonds is 2. The van der Waals surface area contributed by atoms with Crippen molar-refractivity contribution in [1.82, 2.24) is 24.8 Å². The molecule has 0 saturated carbocycles. The predicted molar refractivity (Wildman–Crippen MR) is 99.2 cm³/mol. The van der Waals surface area contributed by atoms with E-state index in [2.05, 4.69) is 27.3 Å². The van der Waals surface area contributed by atoms with Crippen LogP contribution in [0.5, 0.6) is 0 Å². The molecule has 25 heavy (non-hydrogen) atoms. The van der Waals surface area contributed by atoms with E-state index in [0.29, 0.717) is 5.65 Å². The van der Waals surface area contributed by atoms with Crippen molar-refractivity contribution < 1.29 is 0 Å². The Labute approximate surface area is 146 Å². The molecule has 0 bridgehead atoms. The van der Waals surface area contributed by atoms with E-state index in [4.69, 9.17) is 10.8 Å². The molecule has 5 aromatic rings. The van der Waals surface area contributed by atoms with Gasteiger partial charge in [-0.2, -0.15) is 9.61 Å². The normalized spacial score (nSPS) is 11.4. The van der Waals surface area contributed by atoms with Crippen molar-refractivity contribution in [2.24, 2.45) is 0 Å². The summed E-state index contributed by atoms with van der Waals surface area (Å²) < 4.78 is 1.60. The average Bonchev–Trinajstić information content (AvgIpc) is 3.29. The number of thiophene rings is 1. The van der Waals surface area contributed by atoms with Crippen molar-refractivity contribution >= 4 is 33.7 Å². The molecule has 0 radical (unpaired) electrons. The third-order valence-electron chi connectivity index (χ3n) is 4.04. The third kappa shape index (κ3) is 2.17. The second kappa shape index (κ2) is 5.35.